The third-order valence-electron chi connectivity index (χ3n) is 16.2. The zero-order valence-corrected chi connectivity index (χ0v) is 54.8. The number of rotatable bonds is 21. The molecule has 2 heterocycles. The topological polar surface area (TPSA) is 339 Å². The normalized spacial score (nSPS) is 22.2. The molecule has 4 aromatic rings. The molecule has 4 aromatic carbocycles. The lowest BCUT2D eigenvalue weighted by Gasteiger charge is -2.43. The number of anilines is 2. The van der Waals surface area contributed by atoms with Crippen molar-refractivity contribution in [2.75, 3.05) is 57.1 Å². The number of carboxylic acid groups (broad SMARTS) is 1. The van der Waals surface area contributed by atoms with Crippen LogP contribution < -0.4 is 10.6 Å². The summed E-state index contributed by atoms with van der Waals surface area (Å²) in [6.07, 6.45) is -12.5. The van der Waals surface area contributed by atoms with E-state index in [0.717, 1.165) is 83.5 Å². The molecule has 0 unspecified atom stereocenters. The molecule has 25 heteroatoms. The van der Waals surface area contributed by atoms with Gasteiger partial charge >= 0.3 is 41.9 Å². The minimum atomic E-state index is -1.85. The highest BCUT2D eigenvalue weighted by Gasteiger charge is 2.55. The van der Waals surface area contributed by atoms with Gasteiger partial charge in [0.15, 0.2) is 54.7 Å². The van der Waals surface area contributed by atoms with Crippen LogP contribution in [0.25, 0.3) is 12.2 Å². The van der Waals surface area contributed by atoms with Crippen LogP contribution in [0.3, 0.4) is 0 Å². The number of nitrogens with zero attached hydrogens (tertiary/aromatic N) is 2. The minimum absolute atomic E-state index is 0.0303. The number of aliphatic hydroxyl groups excluding tert-OH is 3. The quantitative estimate of drug-likeness (QED) is 0.0380. The van der Waals surface area contributed by atoms with Crippen molar-refractivity contribution in [3.05, 3.63) is 140 Å². The van der Waals surface area contributed by atoms with Crippen LogP contribution >= 0.6 is 0 Å². The molecular formula is C69H84N4O21. The standard InChI is InChI=1S/C38H46N2O12.C31H38N2O9/c1-20(2)28-11-9-10-12-30(28)39-38(46)40(19-27-17-26-16-21(3)15-22(4)29(26)18-31(27)44)13-14-48-37-35(51-25(7)43)33(50-24(6)42)32(49-23(5)41)34(52-37)36(45)47-8;1-16(2)21-7-5-6-8-23(21)32-31(40)33(9-10-41-30-27(37)25(35)26(36)28(42-30)29(38)39)15-20-13-19-12-17(3)11-18(4)22(19)14-24(20)34/h9-12,15-17,20,32-35,37H,13-14,18-19H2,1-8H3,(H,39,46);5-8,11-13,16,25-28,30,35-37H,9-10,14-15H2,1-4H3,(H,32,40)(H,38,39)/t32-,33-,34-,35+,37+;25-,26-,27+,28-,30+/m00/s1. The molecule has 0 aromatic heterocycles. The van der Waals surface area contributed by atoms with Crippen molar-refractivity contribution < 1.29 is 101 Å². The van der Waals surface area contributed by atoms with E-state index in [1.54, 1.807) is 30.4 Å². The molecule has 8 rings (SSSR count). The molecule has 0 spiro atoms. The number of urea groups is 2. The molecular weight excluding hydrogens is 1220 g/mol. The molecule has 4 amide bonds. The number of aliphatic hydroxyl groups is 3. The number of aliphatic carboxylic acids is 1. The molecule has 6 N–H and O–H groups in total. The average Bonchev–Trinajstić information content (AvgIpc) is 0.800. The van der Waals surface area contributed by atoms with Crippen molar-refractivity contribution >= 4 is 77.0 Å². The summed E-state index contributed by atoms with van der Waals surface area (Å²) in [5.41, 5.74) is 11.8. The Morgan fingerprint density at radius 1 is 0.564 bits per heavy atom. The zero-order chi connectivity index (χ0) is 69.0. The van der Waals surface area contributed by atoms with Crippen molar-refractivity contribution in [3.8, 4) is 0 Å². The number of carbonyl (C=O) groups is 9. The van der Waals surface area contributed by atoms with Crippen LogP contribution in [-0.2, 0) is 84.3 Å². The van der Waals surface area contributed by atoms with E-state index in [-0.39, 0.29) is 75.6 Å². The maximum Gasteiger partial charge on any atom is 0.339 e. The second-order valence-corrected chi connectivity index (χ2v) is 24.2. The molecule has 2 saturated heterocycles. The number of benzene rings is 4. The van der Waals surface area contributed by atoms with Gasteiger partial charge in [0.1, 0.15) is 18.3 Å². The lowest BCUT2D eigenvalue weighted by atomic mass is 9.87. The van der Waals surface area contributed by atoms with Gasteiger partial charge in [0.05, 0.1) is 33.4 Å². The lowest BCUT2D eigenvalue weighted by Crippen LogP contribution is -2.64. The van der Waals surface area contributed by atoms with E-state index in [1.165, 1.54) is 9.80 Å². The van der Waals surface area contributed by atoms with Gasteiger partial charge in [-0.2, -0.15) is 0 Å². The first-order valence-electron chi connectivity index (χ1n) is 30.8. The number of Topliss-reactive ketones (excluding diaryl/α,β-unsaturated/α-hetero) is 2. The second kappa shape index (κ2) is 32.4. The molecule has 2 aliphatic carbocycles. The molecule has 10 atom stereocenters. The Morgan fingerprint density at radius 3 is 1.40 bits per heavy atom. The third kappa shape index (κ3) is 18.4. The fourth-order valence-corrected chi connectivity index (χ4v) is 11.6. The zero-order valence-electron chi connectivity index (χ0n) is 54.8. The molecule has 94 heavy (non-hydrogen) atoms. The first-order chi connectivity index (χ1) is 44.5. The predicted molar refractivity (Wildman–Crippen MR) is 341 cm³/mol. The summed E-state index contributed by atoms with van der Waals surface area (Å²) in [6, 6.07) is 21.8. The fraction of sp³-hybridized carbons (Fsp3) is 0.464. The number of carboxylic acids is 1. The number of esters is 4. The van der Waals surface area contributed by atoms with Crippen LogP contribution in [0.4, 0.5) is 21.0 Å². The number of carbonyl (C=O) groups excluding carboxylic acids is 8. The van der Waals surface area contributed by atoms with E-state index < -0.39 is 103 Å². The van der Waals surface area contributed by atoms with E-state index in [1.807, 2.05) is 110 Å². The Balaban J connectivity index is 0.000000272. The van der Waals surface area contributed by atoms with Crippen LogP contribution in [0, 0.1) is 27.7 Å². The summed E-state index contributed by atoms with van der Waals surface area (Å²) >= 11 is 0. The van der Waals surface area contributed by atoms with Gasteiger partial charge in [-0.05, 0) is 108 Å². The first kappa shape index (κ1) is 72.7. The third-order valence-corrected chi connectivity index (χ3v) is 16.2. The van der Waals surface area contributed by atoms with Crippen LogP contribution in [-0.4, -0.2) is 192 Å². The molecule has 0 radical (unpaired) electrons. The maximum atomic E-state index is 14.0. The summed E-state index contributed by atoms with van der Waals surface area (Å²) in [4.78, 5) is 118. The van der Waals surface area contributed by atoms with Gasteiger partial charge in [-0.15, -0.1) is 0 Å². The monoisotopic (exact) mass is 1300 g/mol. The number of aryl methyl sites for hydroxylation is 4. The Hall–Kier alpha value is -8.69. The lowest BCUT2D eigenvalue weighted by molar-refractivity contribution is -0.301. The minimum Gasteiger partial charge on any atom is -0.479 e. The van der Waals surface area contributed by atoms with Gasteiger partial charge in [0.2, 0.25) is 0 Å². The molecule has 4 aliphatic rings. The van der Waals surface area contributed by atoms with Crippen LogP contribution in [0.15, 0.2) is 83.9 Å². The van der Waals surface area contributed by atoms with Crippen molar-refractivity contribution in [3.63, 3.8) is 0 Å². The molecule has 0 saturated carbocycles. The van der Waals surface area contributed by atoms with Gasteiger partial charge in [-0.1, -0.05) is 99.5 Å². The highest BCUT2D eigenvalue weighted by Crippen LogP contribution is 2.34. The number of amides is 4. The number of methoxy groups -OCH3 is 1. The van der Waals surface area contributed by atoms with Gasteiger partial charge in [0, 0.05) is 69.2 Å². The summed E-state index contributed by atoms with van der Waals surface area (Å²) in [6.45, 7) is 18.4. The van der Waals surface area contributed by atoms with Crippen molar-refractivity contribution in [1.29, 1.82) is 0 Å². The number of hydrogen-bond acceptors (Lipinski definition) is 20. The van der Waals surface area contributed by atoms with Crippen LogP contribution in [0.5, 0.6) is 0 Å². The van der Waals surface area contributed by atoms with E-state index in [0.29, 0.717) is 22.5 Å². The Bertz CT molecular complexity index is 3560. The molecule has 0 bridgehead atoms. The van der Waals surface area contributed by atoms with Gasteiger partial charge < -0.3 is 78.8 Å². The maximum absolute atomic E-state index is 14.0. The number of nitrogens with one attached hydrogen (secondary N) is 2. The molecule has 2 aliphatic heterocycles. The number of hydrogen-bond donors (Lipinski definition) is 6. The van der Waals surface area contributed by atoms with Gasteiger partial charge in [-0.3, -0.25) is 24.0 Å². The first-order valence-corrected chi connectivity index (χ1v) is 30.8. The van der Waals surface area contributed by atoms with Crippen LogP contribution in [0.1, 0.15) is 116 Å². The van der Waals surface area contributed by atoms with E-state index in [9.17, 15) is 63.6 Å². The molecule has 506 valence electrons. The number of fused-ring (bicyclic) bond motifs is 2. The van der Waals surface area contributed by atoms with Crippen molar-refractivity contribution in [2.45, 2.75) is 162 Å². The van der Waals surface area contributed by atoms with Crippen molar-refractivity contribution in [2.24, 2.45) is 0 Å². The summed E-state index contributed by atoms with van der Waals surface area (Å²) < 4.78 is 43.6. The highest BCUT2D eigenvalue weighted by atomic mass is 16.7. The SMILES string of the molecule is COC(=O)[C@H]1O[C@@H](OCCN(CC2=Cc3cc(C)cc(C)c3CC2=O)C(=O)Nc2ccccc2C(C)C)[C@H](OC(C)=O)[C@@H](OC(C)=O)[C@@H]1OC(C)=O.Cc1cc(C)c2c(c1)C=C(CN(CCO[C@@H]1O[C@H](C(=O)O)[C@@H](O)[C@H](O)[C@H]1O)C(=O)Nc1ccccc1C(C)C)C(=O)C2. The molecule has 25 nitrogen and oxygen atoms in total. The smallest absolute Gasteiger partial charge is 0.339 e. The average molecular weight is 1310 g/mol. The van der Waals surface area contributed by atoms with Crippen LogP contribution in [0.2, 0.25) is 0 Å². The molecule has 2 fully saturated rings. The summed E-state index contributed by atoms with van der Waals surface area (Å²) in [7, 11) is 1.08. The number of ether oxygens (including phenoxy) is 8. The Morgan fingerprint density at radius 2 is 0.979 bits per heavy atom. The van der Waals surface area contributed by atoms with Gasteiger partial charge in [-0.25, -0.2) is 19.2 Å². The number of para-hydroxylation sites is 2. The fourth-order valence-electron chi connectivity index (χ4n) is 11.6. The summed E-state index contributed by atoms with van der Waals surface area (Å²) in [5, 5.41) is 45.5. The Labute approximate surface area is 545 Å². The largest absolute Gasteiger partial charge is 0.479 e. The predicted octanol–water partition coefficient (Wildman–Crippen LogP) is 6.56. The van der Waals surface area contributed by atoms with Gasteiger partial charge in [0.25, 0.3) is 0 Å². The van der Waals surface area contributed by atoms with E-state index >= 15 is 0 Å². The Kier molecular flexibility index (Phi) is 25.1. The van der Waals surface area contributed by atoms with Crippen molar-refractivity contribution in [1.82, 2.24) is 9.80 Å². The van der Waals surface area contributed by atoms with E-state index in [4.69, 9.17) is 37.9 Å². The second-order valence-electron chi connectivity index (χ2n) is 24.2. The highest BCUT2D eigenvalue weighted by molar-refractivity contribution is 6.06. The summed E-state index contributed by atoms with van der Waals surface area (Å²) in [5.74, 6) is -4.97. The van der Waals surface area contributed by atoms with E-state index in [2.05, 4.69) is 10.6 Å². The number of ketones is 2.